The second-order valence-electron chi connectivity index (χ2n) is 4.69. The van der Waals surface area contributed by atoms with Crippen LogP contribution in [0.5, 0.6) is 0 Å². The average molecular weight is 278 g/mol. The van der Waals surface area contributed by atoms with E-state index < -0.39 is 23.8 Å². The van der Waals surface area contributed by atoms with Gasteiger partial charge in [-0.3, -0.25) is 4.79 Å². The molecule has 0 saturated heterocycles. The van der Waals surface area contributed by atoms with Crippen molar-refractivity contribution < 1.29 is 23.1 Å². The third kappa shape index (κ3) is 2.34. The molecule has 1 aliphatic rings. The summed E-state index contributed by atoms with van der Waals surface area (Å²) in [6.07, 6.45) is -0.445. The van der Waals surface area contributed by atoms with E-state index >= 15 is 0 Å². The van der Waals surface area contributed by atoms with E-state index in [2.05, 4.69) is 4.98 Å². The van der Waals surface area contributed by atoms with Gasteiger partial charge in [-0.25, -0.2) is 14.2 Å². The van der Waals surface area contributed by atoms with Crippen LogP contribution in [0.25, 0.3) is 11.1 Å². The van der Waals surface area contributed by atoms with Gasteiger partial charge in [0.2, 0.25) is 0 Å². The van der Waals surface area contributed by atoms with E-state index in [-0.39, 0.29) is 17.4 Å². The molecule has 1 atom stereocenters. The number of ether oxygens (including phenoxy) is 1. The van der Waals surface area contributed by atoms with E-state index in [1.807, 2.05) is 0 Å². The van der Waals surface area contributed by atoms with E-state index in [4.69, 9.17) is 14.9 Å². The number of nitrogens with zero attached hydrogens (tertiary/aromatic N) is 1. The maximum atomic E-state index is 13.1. The Morgan fingerprint density at radius 2 is 2.20 bits per heavy atom. The Labute approximate surface area is 112 Å². The van der Waals surface area contributed by atoms with Gasteiger partial charge in [-0.1, -0.05) is 0 Å². The topological polar surface area (TPSA) is 95.4 Å². The fourth-order valence-electron chi connectivity index (χ4n) is 2.01. The zero-order chi connectivity index (χ0) is 14.3. The van der Waals surface area contributed by atoms with Crippen molar-refractivity contribution in [2.24, 2.45) is 11.7 Å². The summed E-state index contributed by atoms with van der Waals surface area (Å²) in [4.78, 5) is 27.1. The zero-order valence-corrected chi connectivity index (χ0v) is 10.3. The molecule has 1 aromatic heterocycles. The van der Waals surface area contributed by atoms with E-state index in [1.165, 1.54) is 12.1 Å². The molecule has 1 fully saturated rings. The third-order valence-corrected chi connectivity index (χ3v) is 3.11. The number of benzene rings is 1. The number of oxazole rings is 1. The van der Waals surface area contributed by atoms with Crippen LogP contribution in [0.3, 0.4) is 0 Å². The first-order chi connectivity index (χ1) is 9.54. The first-order valence-corrected chi connectivity index (χ1v) is 6.11. The number of hydrogen-bond donors (Lipinski definition) is 1. The second-order valence-corrected chi connectivity index (χ2v) is 4.69. The van der Waals surface area contributed by atoms with Gasteiger partial charge in [-0.2, -0.15) is 0 Å². The van der Waals surface area contributed by atoms with E-state index in [0.717, 1.165) is 18.9 Å². The molecule has 104 valence electrons. The minimum Gasteiger partial charge on any atom is -0.437 e. The van der Waals surface area contributed by atoms with Crippen LogP contribution in [0.2, 0.25) is 0 Å². The monoisotopic (exact) mass is 278 g/mol. The quantitative estimate of drug-likeness (QED) is 0.863. The summed E-state index contributed by atoms with van der Waals surface area (Å²) in [6.45, 7) is 0. The van der Waals surface area contributed by atoms with Crippen LogP contribution in [-0.4, -0.2) is 23.0 Å². The molecule has 1 aliphatic carbocycles. The number of nitrogens with two attached hydrogens (primary N) is 1. The number of halogens is 1. The van der Waals surface area contributed by atoms with E-state index in [1.54, 1.807) is 0 Å². The summed E-state index contributed by atoms with van der Waals surface area (Å²) in [7, 11) is 0. The molecule has 0 spiro atoms. The zero-order valence-electron chi connectivity index (χ0n) is 10.3. The molecule has 1 amide bonds. The first-order valence-electron chi connectivity index (χ1n) is 6.11. The van der Waals surface area contributed by atoms with Gasteiger partial charge < -0.3 is 14.9 Å². The van der Waals surface area contributed by atoms with Crippen molar-refractivity contribution in [2.75, 3.05) is 0 Å². The Kier molecular flexibility index (Phi) is 2.89. The Hall–Kier alpha value is -2.44. The van der Waals surface area contributed by atoms with Crippen molar-refractivity contribution in [3.63, 3.8) is 0 Å². The number of amides is 1. The van der Waals surface area contributed by atoms with Crippen LogP contribution in [-0.2, 0) is 4.74 Å². The summed E-state index contributed by atoms with van der Waals surface area (Å²) >= 11 is 0. The predicted octanol–water partition coefficient (Wildman–Crippen LogP) is 2.02. The van der Waals surface area contributed by atoms with Gasteiger partial charge in [0.25, 0.3) is 11.7 Å². The SMILES string of the molecule is NC(=O)OC(C(=O)c1nc2ccc(F)cc2o1)C1CC1. The maximum absolute atomic E-state index is 13.1. The van der Waals surface area contributed by atoms with Crippen LogP contribution >= 0.6 is 0 Å². The van der Waals surface area contributed by atoms with Crippen LogP contribution in [0.15, 0.2) is 22.6 Å². The third-order valence-electron chi connectivity index (χ3n) is 3.11. The summed E-state index contributed by atoms with van der Waals surface area (Å²) in [5, 5.41) is 0. The Morgan fingerprint density at radius 1 is 1.45 bits per heavy atom. The summed E-state index contributed by atoms with van der Waals surface area (Å²) in [5.74, 6) is -1.30. The highest BCUT2D eigenvalue weighted by Crippen LogP contribution is 2.36. The molecule has 1 aromatic carbocycles. The molecule has 1 unspecified atom stereocenters. The highest BCUT2D eigenvalue weighted by molar-refractivity contribution is 5.98. The van der Waals surface area contributed by atoms with Gasteiger partial charge in [0.15, 0.2) is 11.7 Å². The number of carbonyl (C=O) groups excluding carboxylic acids is 2. The lowest BCUT2D eigenvalue weighted by Gasteiger charge is -2.12. The van der Waals surface area contributed by atoms with Crippen molar-refractivity contribution in [2.45, 2.75) is 18.9 Å². The van der Waals surface area contributed by atoms with Crippen molar-refractivity contribution in [1.29, 1.82) is 0 Å². The van der Waals surface area contributed by atoms with Crippen molar-refractivity contribution in [1.82, 2.24) is 4.98 Å². The molecule has 3 rings (SSSR count). The van der Waals surface area contributed by atoms with Crippen LogP contribution in [0.1, 0.15) is 23.5 Å². The Morgan fingerprint density at radius 3 is 2.85 bits per heavy atom. The van der Waals surface area contributed by atoms with Crippen molar-refractivity contribution >= 4 is 23.0 Å². The van der Waals surface area contributed by atoms with Crippen molar-refractivity contribution in [3.05, 3.63) is 29.9 Å². The van der Waals surface area contributed by atoms with E-state index in [0.29, 0.717) is 5.52 Å². The molecule has 6 nitrogen and oxygen atoms in total. The molecule has 0 bridgehead atoms. The number of carbonyl (C=O) groups is 2. The summed E-state index contributed by atoms with van der Waals surface area (Å²) < 4.78 is 23.1. The molecule has 20 heavy (non-hydrogen) atoms. The molecule has 7 heteroatoms. The van der Waals surface area contributed by atoms with Gasteiger partial charge >= 0.3 is 6.09 Å². The lowest BCUT2D eigenvalue weighted by atomic mass is 10.1. The number of ketones is 1. The molecule has 2 aromatic rings. The number of aromatic nitrogens is 1. The standard InChI is InChI=1S/C13H11FN2O4/c14-7-3-4-8-9(5-7)19-12(16-8)10(17)11(6-1-2-6)20-13(15)18/h3-6,11H,1-2H2,(H2,15,18). The fourth-order valence-corrected chi connectivity index (χ4v) is 2.01. The predicted molar refractivity (Wildman–Crippen MR) is 65.5 cm³/mol. The van der Waals surface area contributed by atoms with Crippen LogP contribution in [0.4, 0.5) is 9.18 Å². The molecular formula is C13H11FN2O4. The molecule has 0 aliphatic heterocycles. The Balaban J connectivity index is 1.92. The first kappa shape index (κ1) is 12.6. The van der Waals surface area contributed by atoms with Crippen LogP contribution in [0, 0.1) is 11.7 Å². The number of Topliss-reactive ketones (excluding diaryl/α,β-unsaturated/α-hetero) is 1. The number of fused-ring (bicyclic) bond motifs is 1. The second kappa shape index (κ2) is 4.59. The van der Waals surface area contributed by atoms with Gasteiger partial charge in [0, 0.05) is 12.0 Å². The molecular weight excluding hydrogens is 267 g/mol. The highest BCUT2D eigenvalue weighted by atomic mass is 19.1. The highest BCUT2D eigenvalue weighted by Gasteiger charge is 2.41. The lowest BCUT2D eigenvalue weighted by molar-refractivity contribution is 0.0572. The van der Waals surface area contributed by atoms with Gasteiger partial charge in [-0.05, 0) is 25.0 Å². The fraction of sp³-hybridized carbons (Fsp3) is 0.308. The number of rotatable bonds is 4. The molecule has 1 saturated carbocycles. The largest absolute Gasteiger partial charge is 0.437 e. The van der Waals surface area contributed by atoms with Gasteiger partial charge in [0.1, 0.15) is 11.3 Å². The van der Waals surface area contributed by atoms with Crippen LogP contribution < -0.4 is 5.73 Å². The van der Waals surface area contributed by atoms with Crippen molar-refractivity contribution in [3.8, 4) is 0 Å². The van der Waals surface area contributed by atoms with E-state index in [9.17, 15) is 14.0 Å². The number of hydrogen-bond acceptors (Lipinski definition) is 5. The number of primary amides is 1. The Bertz CT molecular complexity index is 693. The minimum absolute atomic E-state index is 0.0539. The van der Waals surface area contributed by atoms with Gasteiger partial charge in [0.05, 0.1) is 0 Å². The average Bonchev–Trinajstić information content (AvgIpc) is 3.14. The maximum Gasteiger partial charge on any atom is 0.405 e. The summed E-state index contributed by atoms with van der Waals surface area (Å²) in [5.41, 5.74) is 5.49. The normalized spacial score (nSPS) is 16.1. The molecule has 0 radical (unpaired) electrons. The lowest BCUT2D eigenvalue weighted by Crippen LogP contribution is -2.32. The smallest absolute Gasteiger partial charge is 0.405 e. The minimum atomic E-state index is -1.02. The van der Waals surface area contributed by atoms with Gasteiger partial charge in [-0.15, -0.1) is 0 Å². The summed E-state index contributed by atoms with van der Waals surface area (Å²) in [6, 6.07) is 3.77. The molecule has 1 heterocycles. The molecule has 2 N–H and O–H groups in total.